The zero-order valence-corrected chi connectivity index (χ0v) is 12.0. The van der Waals surface area contributed by atoms with Crippen LogP contribution in [0.4, 0.5) is 5.69 Å². The second kappa shape index (κ2) is 6.40. The van der Waals surface area contributed by atoms with Crippen molar-refractivity contribution in [2.24, 2.45) is 0 Å². The molecule has 0 saturated heterocycles. The van der Waals surface area contributed by atoms with E-state index < -0.39 is 14.8 Å². The highest BCUT2D eigenvalue weighted by atomic mass is 35.5. The standard InChI is InChI=1S/C10H12ClNO4S2/c1-18(15,16)8-3-4-10(17-6-2-5-11)9(7-8)12(13)14/h3-4,7H,2,5-6H2,1H3. The molecule has 0 radical (unpaired) electrons. The Hall–Kier alpha value is -0.790. The van der Waals surface area contributed by atoms with Crippen LogP contribution in [0.25, 0.3) is 0 Å². The van der Waals surface area contributed by atoms with Crippen molar-refractivity contribution in [3.63, 3.8) is 0 Å². The monoisotopic (exact) mass is 309 g/mol. The molecule has 0 N–H and O–H groups in total. The lowest BCUT2D eigenvalue weighted by atomic mass is 10.3. The Labute approximate surface area is 115 Å². The molecule has 0 aliphatic heterocycles. The molecule has 0 unspecified atom stereocenters. The van der Waals surface area contributed by atoms with E-state index in [1.807, 2.05) is 0 Å². The molecule has 1 rings (SSSR count). The minimum atomic E-state index is -3.44. The van der Waals surface area contributed by atoms with Crippen LogP contribution in [-0.4, -0.2) is 31.2 Å². The highest BCUT2D eigenvalue weighted by Gasteiger charge is 2.18. The van der Waals surface area contributed by atoms with Gasteiger partial charge in [-0.05, 0) is 24.3 Å². The Bertz CT molecular complexity index is 545. The molecular weight excluding hydrogens is 298 g/mol. The largest absolute Gasteiger partial charge is 0.284 e. The first kappa shape index (κ1) is 15.3. The first-order valence-corrected chi connectivity index (χ1v) is 8.44. The lowest BCUT2D eigenvalue weighted by molar-refractivity contribution is -0.388. The van der Waals surface area contributed by atoms with Crippen molar-refractivity contribution >= 4 is 38.9 Å². The highest BCUT2D eigenvalue weighted by Crippen LogP contribution is 2.31. The van der Waals surface area contributed by atoms with Gasteiger partial charge in [0.1, 0.15) is 0 Å². The minimum Gasteiger partial charge on any atom is -0.258 e. The SMILES string of the molecule is CS(=O)(=O)c1ccc(SCCCCl)c([N+](=O)[O-])c1. The number of hydrogen-bond donors (Lipinski definition) is 0. The van der Waals surface area contributed by atoms with Crippen molar-refractivity contribution in [3.05, 3.63) is 28.3 Å². The molecule has 0 saturated carbocycles. The van der Waals surface area contributed by atoms with Gasteiger partial charge < -0.3 is 0 Å². The number of thioether (sulfide) groups is 1. The van der Waals surface area contributed by atoms with Crippen molar-refractivity contribution in [1.29, 1.82) is 0 Å². The van der Waals surface area contributed by atoms with Crippen molar-refractivity contribution in [2.75, 3.05) is 17.9 Å². The summed E-state index contributed by atoms with van der Waals surface area (Å²) in [6.45, 7) is 0. The molecule has 100 valence electrons. The van der Waals surface area contributed by atoms with E-state index in [1.165, 1.54) is 23.9 Å². The first-order chi connectivity index (χ1) is 8.36. The van der Waals surface area contributed by atoms with Crippen LogP contribution in [0.2, 0.25) is 0 Å². The Balaban J connectivity index is 3.09. The number of hydrogen-bond acceptors (Lipinski definition) is 5. The van der Waals surface area contributed by atoms with Crippen molar-refractivity contribution in [1.82, 2.24) is 0 Å². The zero-order chi connectivity index (χ0) is 13.8. The number of nitrogens with zero attached hydrogens (tertiary/aromatic N) is 1. The second-order valence-electron chi connectivity index (χ2n) is 3.55. The molecule has 8 heteroatoms. The van der Waals surface area contributed by atoms with Crippen molar-refractivity contribution < 1.29 is 13.3 Å². The molecule has 0 amide bonds. The van der Waals surface area contributed by atoms with Gasteiger partial charge in [0, 0.05) is 18.2 Å². The third-order valence-corrected chi connectivity index (χ3v) is 4.62. The maximum Gasteiger partial charge on any atom is 0.284 e. The van der Waals surface area contributed by atoms with E-state index in [1.54, 1.807) is 0 Å². The van der Waals surface area contributed by atoms with Gasteiger partial charge in [0.05, 0.1) is 14.7 Å². The maximum absolute atomic E-state index is 11.3. The Morgan fingerprint density at radius 2 is 2.11 bits per heavy atom. The molecule has 0 heterocycles. The smallest absolute Gasteiger partial charge is 0.258 e. The predicted molar refractivity (Wildman–Crippen MR) is 72.3 cm³/mol. The zero-order valence-electron chi connectivity index (χ0n) is 9.63. The van der Waals surface area contributed by atoms with Crippen LogP contribution in [-0.2, 0) is 9.84 Å². The summed E-state index contributed by atoms with van der Waals surface area (Å²) >= 11 is 6.83. The molecule has 1 aromatic rings. The van der Waals surface area contributed by atoms with E-state index in [-0.39, 0.29) is 10.6 Å². The van der Waals surface area contributed by atoms with Crippen LogP contribution < -0.4 is 0 Å². The summed E-state index contributed by atoms with van der Waals surface area (Å²) < 4.78 is 22.7. The highest BCUT2D eigenvalue weighted by molar-refractivity contribution is 7.99. The summed E-state index contributed by atoms with van der Waals surface area (Å²) in [7, 11) is -3.44. The first-order valence-electron chi connectivity index (χ1n) is 5.03. The van der Waals surface area contributed by atoms with Crippen molar-refractivity contribution in [3.8, 4) is 0 Å². The maximum atomic E-state index is 11.3. The number of rotatable bonds is 6. The van der Waals surface area contributed by atoms with Crippen LogP contribution in [0.3, 0.4) is 0 Å². The van der Waals surface area contributed by atoms with E-state index in [0.29, 0.717) is 16.5 Å². The molecular formula is C10H12ClNO4S2. The molecule has 1 aromatic carbocycles. The quantitative estimate of drug-likeness (QED) is 0.265. The number of alkyl halides is 1. The van der Waals surface area contributed by atoms with E-state index in [2.05, 4.69) is 0 Å². The molecule has 0 aliphatic rings. The van der Waals surface area contributed by atoms with Gasteiger partial charge in [-0.2, -0.15) is 0 Å². The number of sulfone groups is 1. The van der Waals surface area contributed by atoms with Gasteiger partial charge in [-0.25, -0.2) is 8.42 Å². The molecule has 18 heavy (non-hydrogen) atoms. The summed E-state index contributed by atoms with van der Waals surface area (Å²) in [5.41, 5.74) is -0.183. The number of benzene rings is 1. The van der Waals surface area contributed by atoms with Gasteiger partial charge in [-0.3, -0.25) is 10.1 Å². The van der Waals surface area contributed by atoms with Crippen molar-refractivity contribution in [2.45, 2.75) is 16.2 Å². The number of halogens is 1. The Morgan fingerprint density at radius 1 is 1.44 bits per heavy atom. The Kier molecular flexibility index (Phi) is 5.43. The van der Waals surface area contributed by atoms with Crippen LogP contribution in [0.1, 0.15) is 6.42 Å². The van der Waals surface area contributed by atoms with Crippen LogP contribution in [0, 0.1) is 10.1 Å². The summed E-state index contributed by atoms with van der Waals surface area (Å²) in [5.74, 6) is 1.14. The Morgan fingerprint density at radius 3 is 2.61 bits per heavy atom. The lowest BCUT2D eigenvalue weighted by Gasteiger charge is -2.04. The van der Waals surface area contributed by atoms with E-state index in [4.69, 9.17) is 11.6 Å². The fourth-order valence-corrected chi connectivity index (χ4v) is 3.12. The lowest BCUT2D eigenvalue weighted by Crippen LogP contribution is -2.00. The van der Waals surface area contributed by atoms with Gasteiger partial charge in [0.25, 0.3) is 5.69 Å². The number of nitro benzene ring substituents is 1. The molecule has 0 bridgehead atoms. The van der Waals surface area contributed by atoms with Crippen LogP contribution >= 0.6 is 23.4 Å². The van der Waals surface area contributed by atoms with E-state index >= 15 is 0 Å². The minimum absolute atomic E-state index is 0.0455. The predicted octanol–water partition coefficient (Wildman–Crippen LogP) is 2.72. The third-order valence-electron chi connectivity index (χ3n) is 2.09. The number of nitro groups is 1. The third kappa shape index (κ3) is 4.15. The van der Waals surface area contributed by atoms with Gasteiger partial charge in [0.2, 0.25) is 0 Å². The van der Waals surface area contributed by atoms with Gasteiger partial charge >= 0.3 is 0 Å². The summed E-state index contributed by atoms with van der Waals surface area (Å²) in [5, 5.41) is 10.9. The fraction of sp³-hybridized carbons (Fsp3) is 0.400. The van der Waals surface area contributed by atoms with Gasteiger partial charge in [0.15, 0.2) is 9.84 Å². The molecule has 5 nitrogen and oxygen atoms in total. The van der Waals surface area contributed by atoms with Gasteiger partial charge in [-0.1, -0.05) is 0 Å². The second-order valence-corrected chi connectivity index (χ2v) is 7.08. The fourth-order valence-electron chi connectivity index (χ4n) is 1.23. The molecule has 0 spiro atoms. The average molecular weight is 310 g/mol. The van der Waals surface area contributed by atoms with E-state index in [0.717, 1.165) is 18.7 Å². The molecule has 0 fully saturated rings. The summed E-state index contributed by atoms with van der Waals surface area (Å²) in [6.07, 6.45) is 1.75. The van der Waals surface area contributed by atoms with E-state index in [9.17, 15) is 18.5 Å². The molecule has 0 aliphatic carbocycles. The molecule has 0 aromatic heterocycles. The molecule has 0 atom stereocenters. The van der Waals surface area contributed by atoms with Gasteiger partial charge in [-0.15, -0.1) is 23.4 Å². The summed E-state index contributed by atoms with van der Waals surface area (Å²) in [4.78, 5) is 10.7. The average Bonchev–Trinajstić information content (AvgIpc) is 2.28. The normalized spacial score (nSPS) is 11.4. The topological polar surface area (TPSA) is 77.3 Å². The summed E-state index contributed by atoms with van der Waals surface area (Å²) in [6, 6.07) is 3.94. The van der Waals surface area contributed by atoms with Crippen LogP contribution in [0.15, 0.2) is 28.0 Å². The van der Waals surface area contributed by atoms with Crippen LogP contribution in [0.5, 0.6) is 0 Å².